The van der Waals surface area contributed by atoms with Crippen LogP contribution in [0.3, 0.4) is 0 Å². The zero-order chi connectivity index (χ0) is 14.6. The summed E-state index contributed by atoms with van der Waals surface area (Å²) in [6.45, 7) is 5.17. The molecule has 1 rings (SSSR count). The molecular formula is C11H12F3N3O2. The molecule has 0 fully saturated rings. The maximum Gasteiger partial charge on any atom is 0.433 e. The van der Waals surface area contributed by atoms with E-state index in [1.165, 1.54) is 0 Å². The number of rotatable bonds is 5. The highest BCUT2D eigenvalue weighted by Crippen LogP contribution is 2.33. The maximum atomic E-state index is 12.5. The molecule has 1 aromatic heterocycles. The summed E-state index contributed by atoms with van der Waals surface area (Å²) in [5.41, 5.74) is -1.88. The van der Waals surface area contributed by atoms with E-state index >= 15 is 0 Å². The van der Waals surface area contributed by atoms with Gasteiger partial charge in [0.1, 0.15) is 17.6 Å². The van der Waals surface area contributed by atoms with Crippen molar-refractivity contribution >= 4 is 11.4 Å². The van der Waals surface area contributed by atoms with Crippen LogP contribution in [0.4, 0.5) is 24.5 Å². The fourth-order valence-corrected chi connectivity index (χ4v) is 1.44. The summed E-state index contributed by atoms with van der Waals surface area (Å²) < 4.78 is 37.5. The molecule has 1 N–H and O–H groups in total. The molecule has 0 bridgehead atoms. The molecule has 0 saturated carbocycles. The van der Waals surface area contributed by atoms with E-state index < -0.39 is 22.5 Å². The molecule has 1 aromatic rings. The van der Waals surface area contributed by atoms with Gasteiger partial charge in [-0.2, -0.15) is 13.2 Å². The van der Waals surface area contributed by atoms with Crippen molar-refractivity contribution in [2.75, 3.05) is 5.32 Å². The quantitative estimate of drug-likeness (QED) is 0.508. The lowest BCUT2D eigenvalue weighted by atomic mass is 10.2. The Morgan fingerprint density at radius 1 is 1.63 bits per heavy atom. The molecule has 8 heteroatoms. The highest BCUT2D eigenvalue weighted by Gasteiger charge is 2.34. The van der Waals surface area contributed by atoms with Crippen LogP contribution in [0.15, 0.2) is 24.9 Å². The van der Waals surface area contributed by atoms with Crippen LogP contribution in [0.1, 0.15) is 19.0 Å². The number of nitrogens with one attached hydrogen (secondary N) is 1. The number of nitro groups is 1. The number of alkyl halides is 3. The van der Waals surface area contributed by atoms with Crippen LogP contribution in [-0.4, -0.2) is 15.9 Å². The lowest BCUT2D eigenvalue weighted by Gasteiger charge is -2.14. The van der Waals surface area contributed by atoms with Gasteiger partial charge < -0.3 is 5.32 Å². The minimum Gasteiger partial charge on any atom is -0.377 e. The van der Waals surface area contributed by atoms with Gasteiger partial charge in [-0.1, -0.05) is 6.08 Å². The molecule has 1 unspecified atom stereocenters. The second-order valence-corrected chi connectivity index (χ2v) is 3.91. The van der Waals surface area contributed by atoms with Gasteiger partial charge in [0.25, 0.3) is 0 Å². The number of nitrogens with zero attached hydrogens (tertiary/aromatic N) is 2. The number of aromatic nitrogens is 1. The van der Waals surface area contributed by atoms with E-state index in [2.05, 4.69) is 16.9 Å². The zero-order valence-corrected chi connectivity index (χ0v) is 10.1. The second-order valence-electron chi connectivity index (χ2n) is 3.91. The second kappa shape index (κ2) is 5.68. The van der Waals surface area contributed by atoms with Crippen molar-refractivity contribution in [1.29, 1.82) is 0 Å². The largest absolute Gasteiger partial charge is 0.433 e. The van der Waals surface area contributed by atoms with E-state index in [4.69, 9.17) is 0 Å². The first kappa shape index (κ1) is 14.9. The van der Waals surface area contributed by atoms with E-state index in [0.717, 1.165) is 0 Å². The van der Waals surface area contributed by atoms with Gasteiger partial charge in [0.05, 0.1) is 4.92 Å². The van der Waals surface area contributed by atoms with E-state index in [9.17, 15) is 23.3 Å². The smallest absolute Gasteiger partial charge is 0.377 e. The third-order valence-corrected chi connectivity index (χ3v) is 2.29. The minimum absolute atomic E-state index is 0.207. The van der Waals surface area contributed by atoms with Crippen molar-refractivity contribution in [2.45, 2.75) is 25.6 Å². The number of halogens is 3. The van der Waals surface area contributed by atoms with Crippen LogP contribution in [0.5, 0.6) is 0 Å². The summed E-state index contributed by atoms with van der Waals surface area (Å²) >= 11 is 0. The minimum atomic E-state index is -4.65. The monoisotopic (exact) mass is 275 g/mol. The molecule has 0 aromatic carbocycles. The summed E-state index contributed by atoms with van der Waals surface area (Å²) in [5.74, 6) is 0. The van der Waals surface area contributed by atoms with Crippen LogP contribution in [0, 0.1) is 10.1 Å². The molecule has 5 nitrogen and oxygen atoms in total. The van der Waals surface area contributed by atoms with Crippen LogP contribution < -0.4 is 5.32 Å². The van der Waals surface area contributed by atoms with E-state index in [-0.39, 0.29) is 11.7 Å². The predicted octanol–water partition coefficient (Wildman–Crippen LogP) is 3.39. The van der Waals surface area contributed by atoms with Crippen molar-refractivity contribution in [3.63, 3.8) is 0 Å². The fourth-order valence-electron chi connectivity index (χ4n) is 1.44. The van der Waals surface area contributed by atoms with E-state index in [1.54, 1.807) is 13.0 Å². The number of hydrogen-bond donors (Lipinski definition) is 1. The van der Waals surface area contributed by atoms with Crippen molar-refractivity contribution < 1.29 is 18.1 Å². The molecule has 0 saturated heterocycles. The van der Waals surface area contributed by atoms with Crippen molar-refractivity contribution in [2.24, 2.45) is 0 Å². The van der Waals surface area contributed by atoms with Crippen LogP contribution in [0.25, 0.3) is 0 Å². The SMILES string of the molecule is C=CCC(C)Nc1cc(C(F)(F)F)ncc1[N+](=O)[O-]. The van der Waals surface area contributed by atoms with Crippen LogP contribution >= 0.6 is 0 Å². The van der Waals surface area contributed by atoms with Crippen LogP contribution in [0.2, 0.25) is 0 Å². The molecule has 0 amide bonds. The Morgan fingerprint density at radius 2 is 2.26 bits per heavy atom. The molecule has 19 heavy (non-hydrogen) atoms. The molecule has 0 spiro atoms. The summed E-state index contributed by atoms with van der Waals surface area (Å²) in [7, 11) is 0. The van der Waals surface area contributed by atoms with Crippen molar-refractivity contribution in [3.8, 4) is 0 Å². The lowest BCUT2D eigenvalue weighted by molar-refractivity contribution is -0.384. The average molecular weight is 275 g/mol. The molecule has 0 aliphatic rings. The topological polar surface area (TPSA) is 68.1 Å². The van der Waals surface area contributed by atoms with Gasteiger partial charge in [-0.3, -0.25) is 10.1 Å². The molecule has 0 aliphatic carbocycles. The maximum absolute atomic E-state index is 12.5. The normalized spacial score (nSPS) is 12.8. The van der Waals surface area contributed by atoms with Crippen molar-refractivity contribution in [1.82, 2.24) is 4.98 Å². The third-order valence-electron chi connectivity index (χ3n) is 2.29. The third kappa shape index (κ3) is 3.94. The van der Waals surface area contributed by atoms with Gasteiger partial charge in [0.15, 0.2) is 0 Å². The Morgan fingerprint density at radius 3 is 2.74 bits per heavy atom. The Labute approximate surface area is 107 Å². The summed E-state index contributed by atoms with van der Waals surface area (Å²) in [4.78, 5) is 13.0. The fraction of sp³-hybridized carbons (Fsp3) is 0.364. The van der Waals surface area contributed by atoms with Crippen LogP contribution in [-0.2, 0) is 6.18 Å². The summed E-state index contributed by atoms with van der Waals surface area (Å²) in [6, 6.07) is 0.359. The average Bonchev–Trinajstić information content (AvgIpc) is 2.27. The number of hydrogen-bond acceptors (Lipinski definition) is 4. The lowest BCUT2D eigenvalue weighted by Crippen LogP contribution is -2.17. The first-order chi connectivity index (χ1) is 8.75. The zero-order valence-electron chi connectivity index (χ0n) is 10.1. The first-order valence-electron chi connectivity index (χ1n) is 5.34. The number of anilines is 1. The highest BCUT2D eigenvalue weighted by atomic mass is 19.4. The standard InChI is InChI=1S/C11H12F3N3O2/c1-3-4-7(2)16-8-5-10(11(12,13)14)15-6-9(8)17(18)19/h3,5-7H,1,4H2,2H3,(H,15,16). The Balaban J connectivity index is 3.16. The molecule has 1 atom stereocenters. The molecule has 1 heterocycles. The van der Waals surface area contributed by atoms with Gasteiger partial charge in [-0.15, -0.1) is 6.58 Å². The van der Waals surface area contributed by atoms with E-state index in [1.807, 2.05) is 0 Å². The predicted molar refractivity (Wildman–Crippen MR) is 63.8 cm³/mol. The summed E-state index contributed by atoms with van der Waals surface area (Å²) in [5, 5.41) is 13.4. The Hall–Kier alpha value is -2.12. The van der Waals surface area contributed by atoms with Gasteiger partial charge in [-0.25, -0.2) is 4.98 Å². The highest BCUT2D eigenvalue weighted by molar-refractivity contribution is 5.61. The molecule has 0 radical (unpaired) electrons. The molecule has 104 valence electrons. The van der Waals surface area contributed by atoms with Gasteiger partial charge in [0, 0.05) is 6.04 Å². The van der Waals surface area contributed by atoms with Gasteiger partial charge >= 0.3 is 11.9 Å². The van der Waals surface area contributed by atoms with E-state index in [0.29, 0.717) is 18.7 Å². The van der Waals surface area contributed by atoms with Gasteiger partial charge in [-0.05, 0) is 19.4 Å². The molecule has 0 aliphatic heterocycles. The Kier molecular flexibility index (Phi) is 4.47. The Bertz CT molecular complexity index is 489. The molecular weight excluding hydrogens is 263 g/mol. The summed E-state index contributed by atoms with van der Waals surface area (Å²) in [6.07, 6.45) is -2.02. The first-order valence-corrected chi connectivity index (χ1v) is 5.34. The van der Waals surface area contributed by atoms with Crippen molar-refractivity contribution in [3.05, 3.63) is 40.7 Å². The van der Waals surface area contributed by atoms with Gasteiger partial charge in [0.2, 0.25) is 0 Å². The number of pyridine rings is 1.